The number of nitrogens with one attached hydrogen (secondary N) is 2. The standard InChI is InChI=1S/C16H19N3O4S/c1-11-4-7-14(8-5-11)23-15-9-6-13(10-17-15)18-16(20)12(2)19-24(3,21)22/h4-10,12,19H,1-3H3,(H,18,20)/t12-/m0/s1. The summed E-state index contributed by atoms with van der Waals surface area (Å²) in [6.45, 7) is 3.44. The van der Waals surface area contributed by atoms with E-state index in [4.69, 9.17) is 4.74 Å². The number of benzene rings is 1. The number of ether oxygens (including phenoxy) is 1. The number of sulfonamides is 1. The number of nitrogens with zero attached hydrogens (tertiary/aromatic N) is 1. The first kappa shape index (κ1) is 17.9. The zero-order valence-corrected chi connectivity index (χ0v) is 14.4. The molecule has 7 nitrogen and oxygen atoms in total. The van der Waals surface area contributed by atoms with E-state index in [1.54, 1.807) is 12.1 Å². The second-order valence-electron chi connectivity index (χ2n) is 5.40. The fourth-order valence-electron chi connectivity index (χ4n) is 1.87. The summed E-state index contributed by atoms with van der Waals surface area (Å²) in [5, 5.41) is 2.58. The lowest BCUT2D eigenvalue weighted by atomic mass is 10.2. The topological polar surface area (TPSA) is 97.4 Å². The van der Waals surface area contributed by atoms with Crippen LogP contribution in [0, 0.1) is 6.92 Å². The van der Waals surface area contributed by atoms with Gasteiger partial charge in [0, 0.05) is 6.07 Å². The fourth-order valence-corrected chi connectivity index (χ4v) is 2.62. The van der Waals surface area contributed by atoms with Crippen molar-refractivity contribution < 1.29 is 17.9 Å². The Morgan fingerprint density at radius 3 is 2.38 bits per heavy atom. The van der Waals surface area contributed by atoms with Crippen LogP contribution in [-0.2, 0) is 14.8 Å². The van der Waals surface area contributed by atoms with E-state index in [1.807, 2.05) is 31.2 Å². The van der Waals surface area contributed by atoms with Gasteiger partial charge < -0.3 is 10.1 Å². The number of anilines is 1. The molecule has 0 radical (unpaired) electrons. The highest BCUT2D eigenvalue weighted by atomic mass is 32.2. The minimum absolute atomic E-state index is 0.388. The van der Waals surface area contributed by atoms with Crippen molar-refractivity contribution in [2.45, 2.75) is 19.9 Å². The molecular weight excluding hydrogens is 330 g/mol. The Morgan fingerprint density at radius 2 is 1.83 bits per heavy atom. The number of hydrogen-bond donors (Lipinski definition) is 2. The summed E-state index contributed by atoms with van der Waals surface area (Å²) < 4.78 is 30.0. The average molecular weight is 349 g/mol. The maximum Gasteiger partial charge on any atom is 0.242 e. The van der Waals surface area contributed by atoms with Crippen molar-refractivity contribution in [1.82, 2.24) is 9.71 Å². The second kappa shape index (κ2) is 7.41. The Morgan fingerprint density at radius 1 is 1.17 bits per heavy atom. The van der Waals surface area contributed by atoms with Crippen LogP contribution in [0.3, 0.4) is 0 Å². The first-order valence-electron chi connectivity index (χ1n) is 7.22. The lowest BCUT2D eigenvalue weighted by molar-refractivity contribution is -0.117. The first-order valence-corrected chi connectivity index (χ1v) is 9.11. The zero-order chi connectivity index (χ0) is 17.7. The van der Waals surface area contributed by atoms with E-state index in [0.717, 1.165) is 11.8 Å². The lowest BCUT2D eigenvalue weighted by Crippen LogP contribution is -2.40. The van der Waals surface area contributed by atoms with Crippen molar-refractivity contribution in [3.05, 3.63) is 48.2 Å². The molecule has 0 unspecified atom stereocenters. The van der Waals surface area contributed by atoms with Crippen LogP contribution in [0.5, 0.6) is 11.6 Å². The predicted octanol–water partition coefficient (Wildman–Crippen LogP) is 2.06. The molecule has 2 aromatic rings. The van der Waals surface area contributed by atoms with Crippen LogP contribution in [0.25, 0.3) is 0 Å². The van der Waals surface area contributed by atoms with Gasteiger partial charge in [0.1, 0.15) is 5.75 Å². The molecular formula is C16H19N3O4S. The smallest absolute Gasteiger partial charge is 0.242 e. The minimum atomic E-state index is -3.45. The normalized spacial score (nSPS) is 12.5. The monoisotopic (exact) mass is 349 g/mol. The SMILES string of the molecule is Cc1ccc(Oc2ccc(NC(=O)[C@H](C)NS(C)(=O)=O)cn2)cc1. The molecule has 0 fully saturated rings. The molecule has 24 heavy (non-hydrogen) atoms. The van der Waals surface area contributed by atoms with E-state index < -0.39 is 22.0 Å². The molecule has 0 saturated heterocycles. The third-order valence-electron chi connectivity index (χ3n) is 3.03. The quantitative estimate of drug-likeness (QED) is 0.832. The molecule has 128 valence electrons. The number of carbonyl (C=O) groups is 1. The predicted molar refractivity (Wildman–Crippen MR) is 91.6 cm³/mol. The molecule has 0 saturated carbocycles. The Kier molecular flexibility index (Phi) is 5.53. The molecule has 0 spiro atoms. The first-order chi connectivity index (χ1) is 11.2. The van der Waals surface area contributed by atoms with Crippen LogP contribution in [0.2, 0.25) is 0 Å². The van der Waals surface area contributed by atoms with Gasteiger partial charge in [0.05, 0.1) is 24.2 Å². The van der Waals surface area contributed by atoms with E-state index in [1.165, 1.54) is 13.1 Å². The maximum atomic E-state index is 11.9. The van der Waals surface area contributed by atoms with Crippen LogP contribution < -0.4 is 14.8 Å². The molecule has 0 bridgehead atoms. The average Bonchev–Trinajstić information content (AvgIpc) is 2.50. The van der Waals surface area contributed by atoms with Crippen molar-refractivity contribution in [2.24, 2.45) is 0 Å². The number of rotatable bonds is 6. The molecule has 2 N–H and O–H groups in total. The molecule has 0 aliphatic heterocycles. The summed E-state index contributed by atoms with van der Waals surface area (Å²) in [6.07, 6.45) is 2.43. The molecule has 1 heterocycles. The highest BCUT2D eigenvalue weighted by molar-refractivity contribution is 7.88. The summed E-state index contributed by atoms with van der Waals surface area (Å²) in [7, 11) is -3.45. The van der Waals surface area contributed by atoms with Crippen LogP contribution >= 0.6 is 0 Å². The Hall–Kier alpha value is -2.45. The number of amides is 1. The summed E-state index contributed by atoms with van der Waals surface area (Å²) >= 11 is 0. The third kappa shape index (κ3) is 5.64. The van der Waals surface area contributed by atoms with Gasteiger partial charge in [-0.25, -0.2) is 18.1 Å². The molecule has 1 aromatic carbocycles. The van der Waals surface area contributed by atoms with Gasteiger partial charge in [0.15, 0.2) is 0 Å². The summed E-state index contributed by atoms with van der Waals surface area (Å²) in [5.74, 6) is 0.574. The summed E-state index contributed by atoms with van der Waals surface area (Å²) in [4.78, 5) is 16.0. The zero-order valence-electron chi connectivity index (χ0n) is 13.6. The second-order valence-corrected chi connectivity index (χ2v) is 7.18. The minimum Gasteiger partial charge on any atom is -0.439 e. The summed E-state index contributed by atoms with van der Waals surface area (Å²) in [5.41, 5.74) is 1.57. The molecule has 0 aliphatic rings. The maximum absolute atomic E-state index is 11.9. The molecule has 8 heteroatoms. The number of hydrogen-bond acceptors (Lipinski definition) is 5. The Bertz CT molecular complexity index is 802. The van der Waals surface area contributed by atoms with Gasteiger partial charge in [-0.05, 0) is 32.0 Å². The van der Waals surface area contributed by atoms with Gasteiger partial charge in [-0.2, -0.15) is 0 Å². The van der Waals surface area contributed by atoms with E-state index in [-0.39, 0.29) is 0 Å². The third-order valence-corrected chi connectivity index (χ3v) is 3.81. The fraction of sp³-hybridized carbons (Fsp3) is 0.250. The number of carbonyl (C=O) groups excluding carboxylic acids is 1. The molecule has 1 aromatic heterocycles. The van der Waals surface area contributed by atoms with E-state index in [2.05, 4.69) is 15.0 Å². The number of aryl methyl sites for hydroxylation is 1. The van der Waals surface area contributed by atoms with Crippen molar-refractivity contribution >= 4 is 21.6 Å². The molecule has 1 amide bonds. The Balaban J connectivity index is 1.96. The molecule has 2 rings (SSSR count). The van der Waals surface area contributed by atoms with Crippen LogP contribution in [0.15, 0.2) is 42.6 Å². The van der Waals surface area contributed by atoms with Gasteiger partial charge in [-0.1, -0.05) is 17.7 Å². The van der Waals surface area contributed by atoms with E-state index in [0.29, 0.717) is 17.3 Å². The largest absolute Gasteiger partial charge is 0.439 e. The van der Waals surface area contributed by atoms with Crippen molar-refractivity contribution in [3.8, 4) is 11.6 Å². The highest BCUT2D eigenvalue weighted by Crippen LogP contribution is 2.20. The van der Waals surface area contributed by atoms with Gasteiger partial charge in [0.25, 0.3) is 0 Å². The Labute approximate surface area is 141 Å². The van der Waals surface area contributed by atoms with Crippen molar-refractivity contribution in [1.29, 1.82) is 0 Å². The molecule has 1 atom stereocenters. The van der Waals surface area contributed by atoms with Gasteiger partial charge >= 0.3 is 0 Å². The lowest BCUT2D eigenvalue weighted by Gasteiger charge is -2.12. The summed E-state index contributed by atoms with van der Waals surface area (Å²) in [6, 6.07) is 9.89. The highest BCUT2D eigenvalue weighted by Gasteiger charge is 2.17. The van der Waals surface area contributed by atoms with Gasteiger partial charge in [-0.3, -0.25) is 4.79 Å². The van der Waals surface area contributed by atoms with Crippen LogP contribution in [-0.4, -0.2) is 31.6 Å². The van der Waals surface area contributed by atoms with E-state index in [9.17, 15) is 13.2 Å². The molecule has 0 aliphatic carbocycles. The van der Waals surface area contributed by atoms with Gasteiger partial charge in [-0.15, -0.1) is 0 Å². The van der Waals surface area contributed by atoms with Crippen LogP contribution in [0.1, 0.15) is 12.5 Å². The van der Waals surface area contributed by atoms with Crippen LogP contribution in [0.4, 0.5) is 5.69 Å². The number of pyridine rings is 1. The van der Waals surface area contributed by atoms with Gasteiger partial charge in [0.2, 0.25) is 21.8 Å². The van der Waals surface area contributed by atoms with E-state index >= 15 is 0 Å². The van der Waals surface area contributed by atoms with Crippen molar-refractivity contribution in [3.63, 3.8) is 0 Å². The van der Waals surface area contributed by atoms with Crippen molar-refractivity contribution in [2.75, 3.05) is 11.6 Å². The number of aromatic nitrogens is 1.